The van der Waals surface area contributed by atoms with Crippen LogP contribution in [0.25, 0.3) is 10.2 Å². The van der Waals surface area contributed by atoms with Gasteiger partial charge in [0.25, 0.3) is 5.91 Å². The zero-order valence-corrected chi connectivity index (χ0v) is 13.9. The Labute approximate surface area is 141 Å². The number of halogens is 1. The van der Waals surface area contributed by atoms with Gasteiger partial charge in [-0.05, 0) is 18.6 Å². The number of amides is 3. The molecule has 2 heterocycles. The molecule has 1 aromatic heterocycles. The molecule has 1 aromatic carbocycles. The van der Waals surface area contributed by atoms with Crippen molar-refractivity contribution in [1.82, 2.24) is 9.47 Å². The third-order valence-electron chi connectivity index (χ3n) is 3.77. The molecule has 8 heteroatoms. The molecule has 1 fully saturated rings. The van der Waals surface area contributed by atoms with E-state index in [1.54, 1.807) is 16.7 Å². The number of nitrogens with zero attached hydrogens (tertiary/aromatic N) is 3. The molecule has 0 atom stereocenters. The average Bonchev–Trinajstić information content (AvgIpc) is 3.04. The molecule has 24 heavy (non-hydrogen) atoms. The summed E-state index contributed by atoms with van der Waals surface area (Å²) < 4.78 is 16.5. The van der Waals surface area contributed by atoms with Gasteiger partial charge in [-0.15, -0.1) is 0 Å². The third-order valence-corrected chi connectivity index (χ3v) is 4.81. The fourth-order valence-corrected chi connectivity index (χ4v) is 3.77. The molecule has 0 radical (unpaired) electrons. The molecule has 2 aromatic rings. The molecule has 126 valence electrons. The van der Waals surface area contributed by atoms with Gasteiger partial charge in [-0.3, -0.25) is 19.3 Å². The van der Waals surface area contributed by atoms with Crippen LogP contribution in [0.2, 0.25) is 0 Å². The number of carbonyl (C=O) groups is 3. The number of para-hydroxylation sites is 1. The van der Waals surface area contributed by atoms with Gasteiger partial charge < -0.3 is 4.57 Å². The van der Waals surface area contributed by atoms with Crippen molar-refractivity contribution < 1.29 is 18.8 Å². The average molecular weight is 349 g/mol. The van der Waals surface area contributed by atoms with E-state index in [4.69, 9.17) is 0 Å². The Bertz CT molecular complexity index is 884. The first-order valence-electron chi connectivity index (χ1n) is 7.70. The van der Waals surface area contributed by atoms with E-state index in [1.165, 1.54) is 17.4 Å². The number of aryl methyl sites for hydroxylation is 1. The van der Waals surface area contributed by atoms with Crippen molar-refractivity contribution >= 4 is 39.3 Å². The van der Waals surface area contributed by atoms with E-state index in [2.05, 4.69) is 4.99 Å². The van der Waals surface area contributed by atoms with Crippen molar-refractivity contribution in [1.29, 1.82) is 0 Å². The number of thiazole rings is 1. The topological polar surface area (TPSA) is 71.7 Å². The molecule has 0 saturated carbocycles. The van der Waals surface area contributed by atoms with Crippen LogP contribution in [0.15, 0.2) is 23.2 Å². The van der Waals surface area contributed by atoms with Crippen LogP contribution in [0, 0.1) is 5.82 Å². The Kier molecular flexibility index (Phi) is 4.57. The Morgan fingerprint density at radius 2 is 2.00 bits per heavy atom. The van der Waals surface area contributed by atoms with Gasteiger partial charge in [0.1, 0.15) is 12.4 Å². The number of carbonyl (C=O) groups excluding carboxylic acids is 3. The van der Waals surface area contributed by atoms with Crippen molar-refractivity contribution in [2.24, 2.45) is 4.99 Å². The van der Waals surface area contributed by atoms with Crippen molar-refractivity contribution in [2.45, 2.75) is 32.7 Å². The molecular formula is C16H16FN3O3S. The number of aromatic nitrogens is 1. The summed E-state index contributed by atoms with van der Waals surface area (Å²) in [4.78, 5) is 40.7. The van der Waals surface area contributed by atoms with Gasteiger partial charge in [0, 0.05) is 19.4 Å². The maximum atomic E-state index is 14.1. The van der Waals surface area contributed by atoms with Gasteiger partial charge in [-0.2, -0.15) is 4.99 Å². The molecule has 0 aliphatic carbocycles. The summed E-state index contributed by atoms with van der Waals surface area (Å²) in [6.45, 7) is 2.11. The first kappa shape index (κ1) is 16.5. The molecule has 3 rings (SSSR count). The maximum Gasteiger partial charge on any atom is 0.268 e. The van der Waals surface area contributed by atoms with Crippen LogP contribution in [0.5, 0.6) is 0 Å². The minimum Gasteiger partial charge on any atom is -0.314 e. The molecule has 0 spiro atoms. The summed E-state index contributed by atoms with van der Waals surface area (Å²) in [5, 5.41) is 0. The fraction of sp³-hybridized carbons (Fsp3) is 0.375. The maximum absolute atomic E-state index is 14.1. The second-order valence-corrected chi connectivity index (χ2v) is 6.51. The molecule has 0 N–H and O–H groups in total. The lowest BCUT2D eigenvalue weighted by Crippen LogP contribution is -2.34. The van der Waals surface area contributed by atoms with Crippen LogP contribution in [0.3, 0.4) is 0 Å². The van der Waals surface area contributed by atoms with Gasteiger partial charge in [-0.1, -0.05) is 24.3 Å². The zero-order chi connectivity index (χ0) is 17.3. The smallest absolute Gasteiger partial charge is 0.268 e. The molecule has 3 amide bonds. The quantitative estimate of drug-likeness (QED) is 0.791. The molecule has 0 unspecified atom stereocenters. The Morgan fingerprint density at radius 1 is 1.29 bits per heavy atom. The molecule has 1 aliphatic rings. The largest absolute Gasteiger partial charge is 0.314 e. The van der Waals surface area contributed by atoms with Gasteiger partial charge in [-0.25, -0.2) is 4.39 Å². The van der Waals surface area contributed by atoms with Crippen molar-refractivity contribution in [3.63, 3.8) is 0 Å². The minimum absolute atomic E-state index is 0.135. The number of fused-ring (bicyclic) bond motifs is 1. The summed E-state index contributed by atoms with van der Waals surface area (Å²) in [5.41, 5.74) is 0.421. The highest BCUT2D eigenvalue weighted by molar-refractivity contribution is 7.16. The third kappa shape index (κ3) is 3.01. The summed E-state index contributed by atoms with van der Waals surface area (Å²) in [6, 6.07) is 4.75. The number of rotatable bonds is 4. The summed E-state index contributed by atoms with van der Waals surface area (Å²) in [6.07, 6.45) is 1.02. The highest BCUT2D eigenvalue weighted by Crippen LogP contribution is 2.20. The molecule has 1 saturated heterocycles. The second kappa shape index (κ2) is 6.64. The van der Waals surface area contributed by atoms with E-state index in [9.17, 15) is 18.8 Å². The summed E-state index contributed by atoms with van der Waals surface area (Å²) in [7, 11) is 0. The van der Waals surface area contributed by atoms with E-state index in [0.717, 1.165) is 11.3 Å². The predicted octanol–water partition coefficient (Wildman–Crippen LogP) is 1.83. The van der Waals surface area contributed by atoms with Gasteiger partial charge in [0.15, 0.2) is 4.80 Å². The second-order valence-electron chi connectivity index (χ2n) is 5.50. The van der Waals surface area contributed by atoms with E-state index in [1.807, 2.05) is 6.92 Å². The highest BCUT2D eigenvalue weighted by atomic mass is 32.1. The normalized spacial score (nSPS) is 15.8. The van der Waals surface area contributed by atoms with Crippen LogP contribution >= 0.6 is 11.3 Å². The number of likely N-dealkylation sites (tertiary alicyclic amines) is 1. The molecular weight excluding hydrogens is 333 g/mol. The fourth-order valence-electron chi connectivity index (χ4n) is 2.68. The Hall–Kier alpha value is -2.35. The molecule has 6 nitrogen and oxygen atoms in total. The lowest BCUT2D eigenvalue weighted by molar-refractivity contribution is -0.141. The van der Waals surface area contributed by atoms with Crippen LogP contribution < -0.4 is 4.80 Å². The van der Waals surface area contributed by atoms with Gasteiger partial charge in [0.2, 0.25) is 11.8 Å². The summed E-state index contributed by atoms with van der Waals surface area (Å²) in [5.74, 6) is -1.66. The lowest BCUT2D eigenvalue weighted by atomic mass is 10.3. The van der Waals surface area contributed by atoms with Crippen LogP contribution in [0.1, 0.15) is 26.2 Å². The first-order valence-corrected chi connectivity index (χ1v) is 8.51. The van der Waals surface area contributed by atoms with Crippen LogP contribution in [0.4, 0.5) is 4.39 Å². The molecule has 0 bridgehead atoms. The van der Waals surface area contributed by atoms with E-state index < -0.39 is 5.91 Å². The van der Waals surface area contributed by atoms with Crippen LogP contribution in [-0.2, 0) is 20.9 Å². The molecule has 1 aliphatic heterocycles. The summed E-state index contributed by atoms with van der Waals surface area (Å²) >= 11 is 1.21. The first-order chi connectivity index (χ1) is 11.5. The zero-order valence-electron chi connectivity index (χ0n) is 13.1. The Balaban J connectivity index is 1.98. The van der Waals surface area contributed by atoms with Crippen molar-refractivity contribution in [2.75, 3.05) is 6.54 Å². The monoisotopic (exact) mass is 349 g/mol. The number of hydrogen-bond donors (Lipinski definition) is 0. The van der Waals surface area contributed by atoms with E-state index >= 15 is 0 Å². The van der Waals surface area contributed by atoms with Gasteiger partial charge in [0.05, 0.1) is 10.2 Å². The SMILES string of the molecule is CCCn1c(=NC(=O)CN2C(=O)CCC2=O)sc2cccc(F)c21. The minimum atomic E-state index is -0.588. The van der Waals surface area contributed by atoms with E-state index in [0.29, 0.717) is 21.6 Å². The predicted molar refractivity (Wildman–Crippen MR) is 86.6 cm³/mol. The van der Waals surface area contributed by atoms with E-state index in [-0.39, 0.29) is 37.0 Å². The number of hydrogen-bond acceptors (Lipinski definition) is 4. The Morgan fingerprint density at radius 3 is 2.67 bits per heavy atom. The highest BCUT2D eigenvalue weighted by Gasteiger charge is 2.30. The number of imide groups is 1. The van der Waals surface area contributed by atoms with Crippen LogP contribution in [-0.4, -0.2) is 33.7 Å². The van der Waals surface area contributed by atoms with Crippen molar-refractivity contribution in [3.05, 3.63) is 28.8 Å². The standard InChI is InChI=1S/C16H16FN3O3S/c1-2-8-19-15-10(17)4-3-5-11(15)24-16(19)18-12(21)9-20-13(22)6-7-14(20)23/h3-5H,2,6-9H2,1H3. The van der Waals surface area contributed by atoms with Crippen molar-refractivity contribution in [3.8, 4) is 0 Å². The lowest BCUT2D eigenvalue weighted by Gasteiger charge is -2.10. The number of benzene rings is 1. The van der Waals surface area contributed by atoms with Gasteiger partial charge >= 0.3 is 0 Å².